The first-order valence-corrected chi connectivity index (χ1v) is 15.9. The molecular weight excluding hydrogens is 560 g/mol. The van der Waals surface area contributed by atoms with Gasteiger partial charge in [-0.2, -0.15) is 0 Å². The molecule has 1 aliphatic rings. The van der Waals surface area contributed by atoms with Gasteiger partial charge in [0.25, 0.3) is 0 Å². The average molecular weight is 593 g/mol. The van der Waals surface area contributed by atoms with E-state index in [0.29, 0.717) is 0 Å². The molecule has 0 amide bonds. The maximum absolute atomic E-state index is 3.73. The van der Waals surface area contributed by atoms with Crippen molar-refractivity contribution in [1.82, 2.24) is 9.13 Å². The number of hydrogen-bond donors (Lipinski definition) is 2. The number of hydrogen-bond acceptors (Lipinski definition) is 2. The van der Waals surface area contributed by atoms with Crippen molar-refractivity contribution in [3.8, 4) is 11.4 Å². The first-order chi connectivity index (χ1) is 22.8. The SMILES string of the molecule is C1=c2c(n(-c3ccccc3)c3ccc(Nc4ccccc4Nc4ccc5c(c4)c4ccccc4n5-c4ccccc4)cc23)=CCC1. The van der Waals surface area contributed by atoms with Crippen molar-refractivity contribution in [2.75, 3.05) is 10.6 Å². The van der Waals surface area contributed by atoms with E-state index >= 15 is 0 Å². The van der Waals surface area contributed by atoms with Gasteiger partial charge in [-0.3, -0.25) is 0 Å². The summed E-state index contributed by atoms with van der Waals surface area (Å²) in [6, 6.07) is 51.7. The smallest absolute Gasteiger partial charge is 0.0623 e. The minimum Gasteiger partial charge on any atom is -0.354 e. The fraction of sp³-hybridized carbons (Fsp3) is 0.0476. The molecule has 0 spiro atoms. The minimum atomic E-state index is 1.03. The summed E-state index contributed by atoms with van der Waals surface area (Å²) in [5.41, 5.74) is 10.1. The van der Waals surface area contributed by atoms with Gasteiger partial charge in [0.2, 0.25) is 0 Å². The van der Waals surface area contributed by atoms with Gasteiger partial charge in [-0.25, -0.2) is 0 Å². The van der Waals surface area contributed by atoms with E-state index in [2.05, 4.69) is 178 Å². The van der Waals surface area contributed by atoms with Gasteiger partial charge in [0, 0.05) is 49.5 Å². The van der Waals surface area contributed by atoms with Crippen LogP contribution in [0.25, 0.3) is 56.2 Å². The molecule has 0 atom stereocenters. The number of benzene rings is 6. The molecule has 6 aromatic carbocycles. The third-order valence-corrected chi connectivity index (χ3v) is 9.08. The number of nitrogens with zero attached hydrogens (tertiary/aromatic N) is 2. The maximum atomic E-state index is 3.73. The highest BCUT2D eigenvalue weighted by atomic mass is 15.0. The highest BCUT2D eigenvalue weighted by Gasteiger charge is 2.15. The number of nitrogens with one attached hydrogen (secondary N) is 2. The van der Waals surface area contributed by atoms with Crippen LogP contribution in [0.5, 0.6) is 0 Å². The molecule has 0 fully saturated rings. The monoisotopic (exact) mass is 592 g/mol. The van der Waals surface area contributed by atoms with Crippen LogP contribution in [0, 0.1) is 0 Å². The lowest BCUT2D eigenvalue weighted by atomic mass is 10.1. The Morgan fingerprint density at radius 1 is 0.413 bits per heavy atom. The lowest BCUT2D eigenvalue weighted by Crippen LogP contribution is -2.30. The summed E-state index contributed by atoms with van der Waals surface area (Å²) < 4.78 is 4.74. The summed E-state index contributed by atoms with van der Waals surface area (Å²) in [6.07, 6.45) is 6.91. The van der Waals surface area contributed by atoms with Crippen LogP contribution < -0.4 is 21.2 Å². The second kappa shape index (κ2) is 10.9. The first kappa shape index (κ1) is 26.4. The molecule has 0 bridgehead atoms. The van der Waals surface area contributed by atoms with Gasteiger partial charge >= 0.3 is 0 Å². The Hall–Kier alpha value is -6.00. The molecule has 2 heterocycles. The van der Waals surface area contributed by atoms with E-state index in [9.17, 15) is 0 Å². The van der Waals surface area contributed by atoms with Crippen molar-refractivity contribution in [3.63, 3.8) is 0 Å². The topological polar surface area (TPSA) is 33.9 Å². The molecule has 0 aliphatic heterocycles. The zero-order valence-corrected chi connectivity index (χ0v) is 25.3. The Kier molecular flexibility index (Phi) is 6.24. The predicted octanol–water partition coefficient (Wildman–Crippen LogP) is 9.57. The Morgan fingerprint density at radius 2 is 0.935 bits per heavy atom. The van der Waals surface area contributed by atoms with E-state index in [4.69, 9.17) is 0 Å². The van der Waals surface area contributed by atoms with Gasteiger partial charge in [0.15, 0.2) is 0 Å². The second-order valence-corrected chi connectivity index (χ2v) is 11.9. The molecule has 2 N–H and O–H groups in total. The lowest BCUT2D eigenvalue weighted by molar-refractivity contribution is 1.02. The highest BCUT2D eigenvalue weighted by molar-refractivity contribution is 6.10. The minimum absolute atomic E-state index is 1.03. The number of fused-ring (bicyclic) bond motifs is 6. The van der Waals surface area contributed by atoms with Crippen molar-refractivity contribution in [2.24, 2.45) is 0 Å². The van der Waals surface area contributed by atoms with Crippen LogP contribution in [-0.2, 0) is 0 Å². The number of rotatable bonds is 6. The Labute approximate surface area is 267 Å². The van der Waals surface area contributed by atoms with Gasteiger partial charge in [-0.1, -0.05) is 78.9 Å². The summed E-state index contributed by atoms with van der Waals surface area (Å²) in [5, 5.41) is 13.8. The summed E-state index contributed by atoms with van der Waals surface area (Å²) in [5.74, 6) is 0. The Bertz CT molecular complexity index is 2520. The molecule has 4 nitrogen and oxygen atoms in total. The number of aromatic nitrogens is 2. The molecule has 46 heavy (non-hydrogen) atoms. The molecule has 9 rings (SSSR count). The Morgan fingerprint density at radius 3 is 1.63 bits per heavy atom. The molecule has 0 radical (unpaired) electrons. The second-order valence-electron chi connectivity index (χ2n) is 11.9. The first-order valence-electron chi connectivity index (χ1n) is 15.9. The van der Waals surface area contributed by atoms with Gasteiger partial charge < -0.3 is 19.8 Å². The van der Waals surface area contributed by atoms with Crippen LogP contribution in [0.2, 0.25) is 0 Å². The van der Waals surface area contributed by atoms with Crippen LogP contribution in [-0.4, -0.2) is 9.13 Å². The fourth-order valence-corrected chi connectivity index (χ4v) is 7.05. The predicted molar refractivity (Wildman–Crippen MR) is 194 cm³/mol. The van der Waals surface area contributed by atoms with E-state index in [1.165, 1.54) is 49.0 Å². The molecule has 0 saturated carbocycles. The standard InChI is InChI=1S/C42H32N4/c1-3-13-31(14-4-1)45-39-21-11-7-17-33(39)35-27-29(23-25-41(35)45)43-37-19-9-10-20-38(37)44-30-24-26-42-36(28-30)34-18-8-12-22-40(34)46(42)32-15-5-2-6-16-32/h1-7,9-11,13-28,43-44H,8,12H2. The molecule has 0 unspecified atom stereocenters. The van der Waals surface area contributed by atoms with Crippen LogP contribution in [0.4, 0.5) is 22.7 Å². The molecule has 220 valence electrons. The van der Waals surface area contributed by atoms with Gasteiger partial charge in [0.05, 0.1) is 27.9 Å². The summed E-state index contributed by atoms with van der Waals surface area (Å²) >= 11 is 0. The number of para-hydroxylation sites is 5. The maximum Gasteiger partial charge on any atom is 0.0623 e. The third kappa shape index (κ3) is 4.38. The van der Waals surface area contributed by atoms with Crippen LogP contribution in [0.15, 0.2) is 146 Å². The van der Waals surface area contributed by atoms with Crippen molar-refractivity contribution in [3.05, 3.63) is 156 Å². The average Bonchev–Trinajstić information content (AvgIpc) is 3.62. The molecule has 1 aliphatic carbocycles. The van der Waals surface area contributed by atoms with Crippen molar-refractivity contribution in [2.45, 2.75) is 12.8 Å². The summed E-state index contributed by atoms with van der Waals surface area (Å²) in [6.45, 7) is 0. The highest BCUT2D eigenvalue weighted by Crippen LogP contribution is 2.36. The quantitative estimate of drug-likeness (QED) is 0.202. The van der Waals surface area contributed by atoms with Gasteiger partial charge in [-0.15, -0.1) is 0 Å². The molecule has 0 saturated heterocycles. The van der Waals surface area contributed by atoms with E-state index in [1.54, 1.807) is 0 Å². The van der Waals surface area contributed by atoms with E-state index in [1.807, 2.05) is 0 Å². The van der Waals surface area contributed by atoms with Crippen molar-refractivity contribution >= 4 is 67.6 Å². The molecule has 2 aromatic heterocycles. The van der Waals surface area contributed by atoms with Crippen LogP contribution in [0.1, 0.15) is 12.8 Å². The van der Waals surface area contributed by atoms with Crippen LogP contribution >= 0.6 is 0 Å². The zero-order chi connectivity index (χ0) is 30.5. The van der Waals surface area contributed by atoms with Crippen molar-refractivity contribution < 1.29 is 0 Å². The molecular formula is C42H32N4. The summed E-state index contributed by atoms with van der Waals surface area (Å²) in [4.78, 5) is 0. The third-order valence-electron chi connectivity index (χ3n) is 9.08. The molecule has 8 aromatic rings. The van der Waals surface area contributed by atoms with E-state index in [0.717, 1.165) is 41.3 Å². The zero-order valence-electron chi connectivity index (χ0n) is 25.3. The Balaban J connectivity index is 1.09. The van der Waals surface area contributed by atoms with Gasteiger partial charge in [0.1, 0.15) is 0 Å². The largest absolute Gasteiger partial charge is 0.354 e. The van der Waals surface area contributed by atoms with Crippen molar-refractivity contribution in [1.29, 1.82) is 0 Å². The normalized spacial score (nSPS) is 12.5. The molecule has 4 heteroatoms. The van der Waals surface area contributed by atoms with E-state index < -0.39 is 0 Å². The van der Waals surface area contributed by atoms with Crippen LogP contribution in [0.3, 0.4) is 0 Å². The van der Waals surface area contributed by atoms with E-state index in [-0.39, 0.29) is 0 Å². The summed E-state index contributed by atoms with van der Waals surface area (Å²) in [7, 11) is 0. The fourth-order valence-electron chi connectivity index (χ4n) is 7.05. The number of anilines is 4. The lowest BCUT2D eigenvalue weighted by Gasteiger charge is -2.15. The van der Waals surface area contributed by atoms with Gasteiger partial charge in [-0.05, 0) is 91.7 Å².